The van der Waals surface area contributed by atoms with Crippen molar-refractivity contribution in [2.24, 2.45) is 0 Å². The molecule has 5 aromatic carbocycles. The molecule has 238 valence electrons. The topological polar surface area (TPSA) is 0 Å². The molecule has 1 aliphatic rings. The summed E-state index contributed by atoms with van der Waals surface area (Å²) in [6.45, 7) is 22.8. The van der Waals surface area contributed by atoms with E-state index in [0.29, 0.717) is 0 Å². The molecule has 5 aromatic rings. The normalized spacial score (nSPS) is 13.1. The van der Waals surface area contributed by atoms with Crippen molar-refractivity contribution in [1.82, 2.24) is 0 Å². The Labute approximate surface area is 308 Å². The Bertz CT molecular complexity index is 1840. The van der Waals surface area contributed by atoms with E-state index in [9.17, 15) is 0 Å². The Kier molecular flexibility index (Phi) is 12.8. The fourth-order valence-electron chi connectivity index (χ4n) is 6.52. The van der Waals surface area contributed by atoms with Gasteiger partial charge < -0.3 is 24.8 Å². The zero-order valence-corrected chi connectivity index (χ0v) is 35.8. The van der Waals surface area contributed by atoms with E-state index >= 15 is 0 Å². The van der Waals surface area contributed by atoms with Crippen molar-refractivity contribution in [2.45, 2.75) is 65.3 Å². The third-order valence-corrected chi connectivity index (χ3v) is 16.4. The molecule has 6 rings (SSSR count). The van der Waals surface area contributed by atoms with Crippen molar-refractivity contribution < 1.29 is 49.0 Å². The van der Waals surface area contributed by atoms with Gasteiger partial charge in [-0.25, -0.2) is 0 Å². The Balaban J connectivity index is 0.000000304. The van der Waals surface area contributed by atoms with Crippen LogP contribution in [0, 0.1) is 0 Å². The van der Waals surface area contributed by atoms with Gasteiger partial charge in [0.05, 0.1) is 24.2 Å². The van der Waals surface area contributed by atoms with Crippen molar-refractivity contribution in [3.63, 3.8) is 0 Å². The van der Waals surface area contributed by atoms with Crippen LogP contribution in [0.5, 0.6) is 0 Å². The van der Waals surface area contributed by atoms with Gasteiger partial charge in [-0.2, -0.15) is 0 Å². The van der Waals surface area contributed by atoms with Gasteiger partial charge in [-0.15, -0.1) is 33.7 Å². The van der Waals surface area contributed by atoms with Crippen LogP contribution in [0.1, 0.15) is 23.1 Å². The third-order valence-electron chi connectivity index (χ3n) is 8.62. The predicted octanol–water partition coefficient (Wildman–Crippen LogP) is 3.50. The van der Waals surface area contributed by atoms with Gasteiger partial charge in [0.25, 0.3) is 0 Å². The van der Waals surface area contributed by atoms with Gasteiger partial charge >= 0.3 is 99.2 Å². The summed E-state index contributed by atoms with van der Waals surface area (Å²) in [5.74, 6) is 0. The van der Waals surface area contributed by atoms with E-state index in [4.69, 9.17) is 0 Å². The monoisotopic (exact) mass is 771 g/mol. The second-order valence-corrected chi connectivity index (χ2v) is 31.5. The van der Waals surface area contributed by atoms with Crippen molar-refractivity contribution >= 4 is 70.1 Å². The summed E-state index contributed by atoms with van der Waals surface area (Å²) in [6, 6.07) is 33.3. The van der Waals surface area contributed by atoms with Crippen molar-refractivity contribution in [1.29, 1.82) is 0 Å². The molecule has 6 heteroatoms. The molecule has 0 bridgehead atoms. The van der Waals surface area contributed by atoms with Crippen LogP contribution in [-0.4, -0.2) is 27.4 Å². The van der Waals surface area contributed by atoms with Crippen LogP contribution in [0.3, 0.4) is 0 Å². The zero-order chi connectivity index (χ0) is 31.9. The van der Waals surface area contributed by atoms with Gasteiger partial charge in [0.1, 0.15) is 0 Å². The Hall–Kier alpha value is -1.79. The fraction of sp³-hybridized carbons (Fsp3) is 0.250. The summed E-state index contributed by atoms with van der Waals surface area (Å²) >= 11 is 1.46. The molecule has 0 aromatic heterocycles. The molecule has 0 radical (unpaired) electrons. The van der Waals surface area contributed by atoms with E-state index in [1.807, 2.05) is 0 Å². The molecule has 0 saturated carbocycles. The summed E-state index contributed by atoms with van der Waals surface area (Å²) in [5, 5.41) is 11.2. The first kappa shape index (κ1) is 38.7. The summed E-state index contributed by atoms with van der Waals surface area (Å²) < 4.78 is 1.42. The fourth-order valence-corrected chi connectivity index (χ4v) is 14.5. The van der Waals surface area contributed by atoms with Gasteiger partial charge in [-0.3, -0.25) is 0 Å². The van der Waals surface area contributed by atoms with E-state index in [1.54, 1.807) is 26.3 Å². The first-order valence-corrected chi connectivity index (χ1v) is 27.7. The van der Waals surface area contributed by atoms with E-state index in [1.165, 1.54) is 60.5 Å². The number of benzene rings is 4. The molecule has 0 amide bonds. The van der Waals surface area contributed by atoms with Crippen molar-refractivity contribution in [3.8, 4) is 0 Å². The maximum atomic E-state index is 2.62. The Morgan fingerprint density at radius 1 is 0.630 bits per heavy atom. The zero-order valence-electron chi connectivity index (χ0n) is 28.9. The number of fused-ring (bicyclic) bond motifs is 3. The molecule has 0 N–H and O–H groups in total. The molecule has 0 unspecified atom stereocenters. The summed E-state index contributed by atoms with van der Waals surface area (Å²) in [4.78, 5) is 0. The number of rotatable bonds is 6. The Morgan fingerprint density at radius 3 is 1.63 bits per heavy atom. The first-order chi connectivity index (χ1) is 20.7. The van der Waals surface area contributed by atoms with Gasteiger partial charge in [0, 0.05) is 0 Å². The molecular weight excluding hydrogens is 727 g/mol. The van der Waals surface area contributed by atoms with E-state index in [0.717, 1.165) is 6.42 Å². The summed E-state index contributed by atoms with van der Waals surface area (Å²) in [5.41, 5.74) is 5.65. The predicted molar refractivity (Wildman–Crippen MR) is 204 cm³/mol. The van der Waals surface area contributed by atoms with Crippen LogP contribution in [-0.2, 0) is 24.2 Å². The SMILES string of the molecule is C[Si](C)(C)c1cc(C2=CC=CC2)c2[cH-]c3cccc([Si](C)(C)C)c3c2c1[Si](C)(C)C.[Cl-].[Cl-].[Zr+2]=[C](c1ccccc1)c1ccccc1. The number of halogens is 2. The van der Waals surface area contributed by atoms with Crippen molar-refractivity contribution in [3.05, 3.63) is 126 Å². The molecule has 0 fully saturated rings. The molecule has 0 heterocycles. The van der Waals surface area contributed by atoms with E-state index in [-0.39, 0.29) is 24.8 Å². The second-order valence-electron chi connectivity index (χ2n) is 15.2. The van der Waals surface area contributed by atoms with E-state index in [2.05, 4.69) is 168 Å². The van der Waals surface area contributed by atoms with Gasteiger partial charge in [0.2, 0.25) is 0 Å². The van der Waals surface area contributed by atoms with Crippen LogP contribution in [0.25, 0.3) is 27.1 Å². The maximum absolute atomic E-state index is 2.62. The molecule has 46 heavy (non-hydrogen) atoms. The standard InChI is InChI=1S/C27H37Si3.C13H10.2ClH.Zr/c1-28(2,3)23-16-12-15-20-17-22-21(19-13-10-11-14-19)18-24(29(4,5)6)27(30(7,8)9)26(22)25(20)23;1-3-7-12(8-4-1)11-13-9-5-2-6-10-13;;;/h10-13,15-18H,14H2,1-9H3;1-10H;2*1H;/q-1;;;;+2/p-2. The van der Waals surface area contributed by atoms with Crippen LogP contribution in [0.2, 0.25) is 58.9 Å². The molecular formula is C40H47Cl2Si3Zr-. The van der Waals surface area contributed by atoms with Crippen LogP contribution in [0.4, 0.5) is 0 Å². The quantitative estimate of drug-likeness (QED) is 0.183. The first-order valence-electron chi connectivity index (χ1n) is 15.9. The summed E-state index contributed by atoms with van der Waals surface area (Å²) in [6.07, 6.45) is 7.94. The van der Waals surface area contributed by atoms with Crippen molar-refractivity contribution in [2.75, 3.05) is 0 Å². The minimum atomic E-state index is -1.56. The molecule has 0 nitrogen and oxygen atoms in total. The average molecular weight is 774 g/mol. The van der Waals surface area contributed by atoms with Gasteiger partial charge in [0.15, 0.2) is 0 Å². The van der Waals surface area contributed by atoms with Crippen LogP contribution in [0.15, 0.2) is 109 Å². The minimum absolute atomic E-state index is 0. The molecule has 0 spiro atoms. The molecule has 1 aliphatic carbocycles. The second kappa shape index (κ2) is 15.2. The molecule has 0 saturated heterocycles. The van der Waals surface area contributed by atoms with Crippen LogP contribution < -0.4 is 40.4 Å². The number of hydrogen-bond acceptors (Lipinski definition) is 0. The summed E-state index contributed by atoms with van der Waals surface area (Å²) in [7, 11) is -4.55. The van der Waals surface area contributed by atoms with Crippen LogP contribution >= 0.6 is 0 Å². The van der Waals surface area contributed by atoms with Gasteiger partial charge in [-0.05, 0) is 6.42 Å². The third kappa shape index (κ3) is 8.25. The van der Waals surface area contributed by atoms with Gasteiger partial charge in [-0.1, -0.05) is 122 Å². The van der Waals surface area contributed by atoms with E-state index < -0.39 is 24.2 Å². The number of hydrogen-bond donors (Lipinski definition) is 0. The molecule has 0 aliphatic heterocycles. The number of allylic oxidation sites excluding steroid dienone is 4. The molecule has 0 atom stereocenters. The average Bonchev–Trinajstić information content (AvgIpc) is 3.64. The Morgan fingerprint density at radius 2 is 1.17 bits per heavy atom.